The van der Waals surface area contributed by atoms with Gasteiger partial charge in [0.2, 0.25) is 15.9 Å². The van der Waals surface area contributed by atoms with E-state index in [9.17, 15) is 13.2 Å². The van der Waals surface area contributed by atoms with Crippen molar-refractivity contribution in [2.75, 3.05) is 39.0 Å². The third kappa shape index (κ3) is 5.92. The van der Waals surface area contributed by atoms with E-state index in [4.69, 9.17) is 0 Å². The van der Waals surface area contributed by atoms with Crippen molar-refractivity contribution in [2.45, 2.75) is 45.6 Å². The number of hydrogen-bond acceptors (Lipinski definition) is 4. The van der Waals surface area contributed by atoms with Crippen LogP contribution in [0.2, 0.25) is 0 Å². The molecule has 1 fully saturated rings. The highest BCUT2D eigenvalue weighted by atomic mass is 32.2. The van der Waals surface area contributed by atoms with Gasteiger partial charge in [0.05, 0.1) is 12.3 Å². The van der Waals surface area contributed by atoms with Crippen molar-refractivity contribution in [3.05, 3.63) is 0 Å². The summed E-state index contributed by atoms with van der Waals surface area (Å²) in [6.07, 6.45) is 3.99. The topological polar surface area (TPSA) is 69.7 Å². The minimum Gasteiger partial charge on any atom is -0.342 e. The van der Waals surface area contributed by atoms with E-state index >= 15 is 0 Å². The number of likely N-dealkylation sites (N-methyl/N-ethyl adjacent to an activating group) is 2. The fourth-order valence-electron chi connectivity index (χ4n) is 2.58. The predicted molar refractivity (Wildman–Crippen MR) is 84.6 cm³/mol. The minimum absolute atomic E-state index is 0.0674. The molecule has 6 nitrogen and oxygen atoms in total. The normalized spacial score (nSPS) is 19.7. The Hall–Kier alpha value is -0.660. The molecule has 124 valence electrons. The molecule has 0 radical (unpaired) electrons. The summed E-state index contributed by atoms with van der Waals surface area (Å²) in [6, 6.07) is 0.292. The Morgan fingerprint density at radius 1 is 1.24 bits per heavy atom. The van der Waals surface area contributed by atoms with Crippen molar-refractivity contribution >= 4 is 15.9 Å². The zero-order valence-electron chi connectivity index (χ0n) is 13.5. The van der Waals surface area contributed by atoms with Crippen molar-refractivity contribution in [3.8, 4) is 0 Å². The van der Waals surface area contributed by atoms with Gasteiger partial charge >= 0.3 is 0 Å². The molecule has 1 aliphatic rings. The van der Waals surface area contributed by atoms with Crippen LogP contribution in [0.3, 0.4) is 0 Å². The zero-order chi connectivity index (χ0) is 15.9. The van der Waals surface area contributed by atoms with Gasteiger partial charge in [-0.1, -0.05) is 6.42 Å². The van der Waals surface area contributed by atoms with E-state index in [1.54, 1.807) is 4.90 Å². The van der Waals surface area contributed by atoms with Crippen molar-refractivity contribution < 1.29 is 13.2 Å². The lowest BCUT2D eigenvalue weighted by atomic mass is 10.0. The van der Waals surface area contributed by atoms with E-state index in [0.29, 0.717) is 25.6 Å². The molecule has 1 rings (SSSR count). The Morgan fingerprint density at radius 2 is 1.90 bits per heavy atom. The van der Waals surface area contributed by atoms with E-state index in [2.05, 4.69) is 5.32 Å². The molecule has 1 aliphatic heterocycles. The highest BCUT2D eigenvalue weighted by Gasteiger charge is 2.24. The summed E-state index contributed by atoms with van der Waals surface area (Å²) in [4.78, 5) is 13.6. The number of piperidine rings is 1. The van der Waals surface area contributed by atoms with Crippen LogP contribution in [0.5, 0.6) is 0 Å². The quantitative estimate of drug-likeness (QED) is 0.713. The van der Waals surface area contributed by atoms with E-state index in [1.165, 1.54) is 17.8 Å². The molecule has 0 aromatic carbocycles. The fraction of sp³-hybridized carbons (Fsp3) is 0.929. The second-order valence-electron chi connectivity index (χ2n) is 5.57. The molecule has 0 saturated carbocycles. The maximum absolute atomic E-state index is 12.2. The molecular formula is C14H29N3O3S. The molecule has 1 saturated heterocycles. The van der Waals surface area contributed by atoms with Crippen LogP contribution in [-0.4, -0.2) is 68.6 Å². The van der Waals surface area contributed by atoms with Gasteiger partial charge < -0.3 is 10.2 Å². The number of hydrogen-bond donors (Lipinski definition) is 1. The van der Waals surface area contributed by atoms with Crippen molar-refractivity contribution in [2.24, 2.45) is 0 Å². The van der Waals surface area contributed by atoms with Crippen LogP contribution >= 0.6 is 0 Å². The lowest BCUT2D eigenvalue weighted by molar-refractivity contribution is -0.130. The Kier molecular flexibility index (Phi) is 7.62. The first-order valence-electron chi connectivity index (χ1n) is 7.85. The number of nitrogens with zero attached hydrogens (tertiary/aromatic N) is 2. The lowest BCUT2D eigenvalue weighted by Gasteiger charge is -2.25. The molecule has 0 aromatic heterocycles. The van der Waals surface area contributed by atoms with Crippen molar-refractivity contribution in [1.82, 2.24) is 14.5 Å². The van der Waals surface area contributed by atoms with Gasteiger partial charge in [0.1, 0.15) is 0 Å². The first kappa shape index (κ1) is 18.4. The van der Waals surface area contributed by atoms with Crippen molar-refractivity contribution in [1.29, 1.82) is 0 Å². The van der Waals surface area contributed by atoms with Crippen LogP contribution in [0.1, 0.15) is 39.5 Å². The molecule has 0 aliphatic carbocycles. The third-order valence-corrected chi connectivity index (χ3v) is 5.92. The second kappa shape index (κ2) is 8.70. The number of rotatable bonds is 8. The molecule has 1 N–H and O–H groups in total. The Morgan fingerprint density at radius 3 is 2.43 bits per heavy atom. The third-order valence-electron chi connectivity index (χ3n) is 4.09. The number of carbonyl (C=O) groups excluding carboxylic acids is 1. The summed E-state index contributed by atoms with van der Waals surface area (Å²) < 4.78 is 25.7. The Bertz CT molecular complexity index is 415. The lowest BCUT2D eigenvalue weighted by Crippen LogP contribution is -2.42. The summed E-state index contributed by atoms with van der Waals surface area (Å²) in [5, 5.41) is 3.35. The van der Waals surface area contributed by atoms with Gasteiger partial charge in [-0.15, -0.1) is 0 Å². The van der Waals surface area contributed by atoms with E-state index in [1.807, 2.05) is 13.8 Å². The van der Waals surface area contributed by atoms with Gasteiger partial charge in [-0.05, 0) is 39.7 Å². The number of amides is 1. The number of nitrogens with one attached hydrogen (secondary N) is 1. The standard InChI is InChI=1S/C14H29N3O3S/c1-4-17(5-2)14(18)12-16(3)21(19,20)11-9-13-8-6-7-10-15-13/h13,15H,4-12H2,1-3H3. The average Bonchev–Trinajstić information content (AvgIpc) is 2.47. The monoisotopic (exact) mass is 319 g/mol. The summed E-state index contributed by atoms with van der Waals surface area (Å²) in [7, 11) is -1.87. The maximum atomic E-state index is 12.2. The molecule has 1 atom stereocenters. The average molecular weight is 319 g/mol. The minimum atomic E-state index is -3.36. The Labute approximate surface area is 128 Å². The molecule has 1 unspecified atom stereocenters. The highest BCUT2D eigenvalue weighted by Crippen LogP contribution is 2.12. The van der Waals surface area contributed by atoms with Gasteiger partial charge in [0, 0.05) is 26.2 Å². The van der Waals surface area contributed by atoms with Gasteiger partial charge in [-0.25, -0.2) is 8.42 Å². The largest absolute Gasteiger partial charge is 0.342 e. The summed E-state index contributed by atoms with van der Waals surface area (Å²) in [5.74, 6) is -0.0333. The maximum Gasteiger partial charge on any atom is 0.237 e. The van der Waals surface area contributed by atoms with Crippen LogP contribution in [0.4, 0.5) is 0 Å². The molecule has 0 bridgehead atoms. The molecule has 7 heteroatoms. The molecule has 1 amide bonds. The zero-order valence-corrected chi connectivity index (χ0v) is 14.3. The Balaban J connectivity index is 2.46. The van der Waals surface area contributed by atoms with Gasteiger partial charge in [-0.2, -0.15) is 4.31 Å². The van der Waals surface area contributed by atoms with Crippen LogP contribution in [-0.2, 0) is 14.8 Å². The van der Waals surface area contributed by atoms with Crippen LogP contribution in [0, 0.1) is 0 Å². The van der Waals surface area contributed by atoms with Crippen LogP contribution in [0.25, 0.3) is 0 Å². The predicted octanol–water partition coefficient (Wildman–Crippen LogP) is 0.649. The van der Waals surface area contributed by atoms with Crippen LogP contribution in [0.15, 0.2) is 0 Å². The molecule has 21 heavy (non-hydrogen) atoms. The van der Waals surface area contributed by atoms with E-state index in [-0.39, 0.29) is 18.2 Å². The molecular weight excluding hydrogens is 290 g/mol. The molecule has 0 spiro atoms. The highest BCUT2D eigenvalue weighted by molar-refractivity contribution is 7.89. The summed E-state index contributed by atoms with van der Waals surface area (Å²) >= 11 is 0. The smallest absolute Gasteiger partial charge is 0.237 e. The van der Waals surface area contributed by atoms with Crippen LogP contribution < -0.4 is 5.32 Å². The number of carbonyl (C=O) groups is 1. The summed E-state index contributed by atoms with van der Waals surface area (Å²) in [5.41, 5.74) is 0. The molecule has 0 aromatic rings. The first-order valence-corrected chi connectivity index (χ1v) is 9.46. The van der Waals surface area contributed by atoms with Gasteiger partial charge in [-0.3, -0.25) is 4.79 Å². The first-order chi connectivity index (χ1) is 9.90. The molecule has 1 heterocycles. The SMILES string of the molecule is CCN(CC)C(=O)CN(C)S(=O)(=O)CCC1CCCCN1. The van der Waals surface area contributed by atoms with E-state index < -0.39 is 10.0 Å². The second-order valence-corrected chi connectivity index (χ2v) is 7.77. The fourth-order valence-corrected chi connectivity index (χ4v) is 3.78. The van der Waals surface area contributed by atoms with Gasteiger partial charge in [0.25, 0.3) is 0 Å². The number of sulfonamides is 1. The van der Waals surface area contributed by atoms with Gasteiger partial charge in [0.15, 0.2) is 0 Å². The van der Waals surface area contributed by atoms with Crippen molar-refractivity contribution in [3.63, 3.8) is 0 Å². The van der Waals surface area contributed by atoms with E-state index in [0.717, 1.165) is 19.4 Å². The summed E-state index contributed by atoms with van der Waals surface area (Å²) in [6.45, 7) is 5.91.